The summed E-state index contributed by atoms with van der Waals surface area (Å²) in [5.74, 6) is 0. The minimum absolute atomic E-state index is 0.884. The van der Waals surface area contributed by atoms with Crippen molar-refractivity contribution < 1.29 is 4.42 Å². The molecule has 48 heavy (non-hydrogen) atoms. The summed E-state index contributed by atoms with van der Waals surface area (Å²) in [6.45, 7) is 0. The first-order valence-electron chi connectivity index (χ1n) is 16.4. The van der Waals surface area contributed by atoms with E-state index < -0.39 is 0 Å². The Hall–Kier alpha value is -6.38. The monoisotopic (exact) mass is 613 g/mol. The van der Waals surface area contributed by atoms with Crippen LogP contribution in [0, 0.1) is 0 Å². The predicted octanol–water partition coefficient (Wildman–Crippen LogP) is 13.2. The maximum atomic E-state index is 6.73. The van der Waals surface area contributed by atoms with E-state index >= 15 is 0 Å². The minimum atomic E-state index is 0.884. The summed E-state index contributed by atoms with van der Waals surface area (Å²) >= 11 is 0. The van der Waals surface area contributed by atoms with Crippen molar-refractivity contribution >= 4 is 49.8 Å². The van der Waals surface area contributed by atoms with E-state index in [1.807, 2.05) is 0 Å². The van der Waals surface area contributed by atoms with Gasteiger partial charge in [0.2, 0.25) is 0 Å². The van der Waals surface area contributed by atoms with Gasteiger partial charge in [-0.05, 0) is 69.8 Å². The van der Waals surface area contributed by atoms with Crippen molar-refractivity contribution in [2.75, 3.05) is 4.90 Å². The molecule has 226 valence electrons. The molecule has 9 aromatic rings. The second-order valence-electron chi connectivity index (χ2n) is 12.1. The smallest absolute Gasteiger partial charge is 0.143 e. The molecule has 2 nitrogen and oxygen atoms in total. The maximum Gasteiger partial charge on any atom is 0.143 e. The molecule has 0 fully saturated rings. The van der Waals surface area contributed by atoms with Crippen LogP contribution < -0.4 is 4.90 Å². The lowest BCUT2D eigenvalue weighted by Crippen LogP contribution is -2.10. The molecule has 2 heteroatoms. The zero-order valence-electron chi connectivity index (χ0n) is 26.3. The highest BCUT2D eigenvalue weighted by atomic mass is 16.3. The largest absolute Gasteiger partial charge is 0.455 e. The Morgan fingerprint density at radius 2 is 0.896 bits per heavy atom. The summed E-state index contributed by atoms with van der Waals surface area (Å²) < 4.78 is 6.73. The Morgan fingerprint density at radius 3 is 1.62 bits per heavy atom. The summed E-state index contributed by atoms with van der Waals surface area (Å²) in [4.78, 5) is 2.38. The molecule has 0 saturated heterocycles. The van der Waals surface area contributed by atoms with Gasteiger partial charge in [0.05, 0.1) is 5.69 Å². The highest BCUT2D eigenvalue weighted by Crippen LogP contribution is 2.46. The van der Waals surface area contributed by atoms with E-state index in [2.05, 4.69) is 193 Å². The van der Waals surface area contributed by atoms with Crippen LogP contribution in [0.1, 0.15) is 0 Å². The number of rotatable bonds is 6. The molecule has 0 aliphatic carbocycles. The fourth-order valence-corrected chi connectivity index (χ4v) is 6.99. The topological polar surface area (TPSA) is 16.4 Å². The van der Waals surface area contributed by atoms with Crippen molar-refractivity contribution in [3.63, 3.8) is 0 Å². The maximum absolute atomic E-state index is 6.73. The zero-order valence-corrected chi connectivity index (χ0v) is 26.3. The van der Waals surface area contributed by atoms with Crippen LogP contribution in [0.25, 0.3) is 66.1 Å². The molecular formula is C46H31NO. The Labute approximate surface area is 279 Å². The molecule has 0 bridgehead atoms. The van der Waals surface area contributed by atoms with Crippen LogP contribution in [0.2, 0.25) is 0 Å². The Bertz CT molecular complexity index is 2530. The van der Waals surface area contributed by atoms with Crippen LogP contribution in [0.15, 0.2) is 192 Å². The van der Waals surface area contributed by atoms with Crippen molar-refractivity contribution in [3.8, 4) is 33.4 Å². The van der Waals surface area contributed by atoms with Crippen LogP contribution >= 0.6 is 0 Å². The molecule has 0 spiro atoms. The first-order valence-corrected chi connectivity index (χ1v) is 16.4. The van der Waals surface area contributed by atoms with Crippen molar-refractivity contribution in [2.24, 2.45) is 0 Å². The number of hydrogen-bond acceptors (Lipinski definition) is 2. The van der Waals surface area contributed by atoms with Gasteiger partial charge in [0, 0.05) is 32.9 Å². The summed E-state index contributed by atoms with van der Waals surface area (Å²) in [6, 6.07) is 66.8. The number of fused-ring (bicyclic) bond motifs is 5. The van der Waals surface area contributed by atoms with E-state index in [-0.39, 0.29) is 0 Å². The third kappa shape index (κ3) is 4.83. The normalized spacial score (nSPS) is 11.3. The van der Waals surface area contributed by atoms with Gasteiger partial charge in [-0.1, -0.05) is 152 Å². The zero-order chi connectivity index (χ0) is 31.9. The Balaban J connectivity index is 1.29. The first kappa shape index (κ1) is 27.9. The number of nitrogens with zero attached hydrogens (tertiary/aromatic N) is 1. The molecule has 0 aliphatic rings. The fraction of sp³-hybridized carbons (Fsp3) is 0. The summed E-state index contributed by atoms with van der Waals surface area (Å²) in [6.07, 6.45) is 0. The molecule has 0 N–H and O–H groups in total. The summed E-state index contributed by atoms with van der Waals surface area (Å²) in [5.41, 5.74) is 12.2. The van der Waals surface area contributed by atoms with Gasteiger partial charge in [0.1, 0.15) is 11.2 Å². The lowest BCUT2D eigenvalue weighted by atomic mass is 9.95. The van der Waals surface area contributed by atoms with E-state index in [9.17, 15) is 0 Å². The van der Waals surface area contributed by atoms with Gasteiger partial charge >= 0.3 is 0 Å². The average Bonchev–Trinajstić information content (AvgIpc) is 3.55. The van der Waals surface area contributed by atoms with Crippen LogP contribution in [0.3, 0.4) is 0 Å². The van der Waals surface area contributed by atoms with Crippen molar-refractivity contribution in [1.82, 2.24) is 0 Å². The molecule has 0 amide bonds. The SMILES string of the molecule is c1ccc(-c2ccc(-c3cccc4oc5c6ccccc6c(N(c6ccccc6)c6cccc(-c7ccccc7)c6)cc5c34)cc2)cc1. The highest BCUT2D eigenvalue weighted by molar-refractivity contribution is 6.22. The molecule has 9 rings (SSSR count). The van der Waals surface area contributed by atoms with Crippen molar-refractivity contribution in [1.29, 1.82) is 0 Å². The van der Waals surface area contributed by atoms with Gasteiger partial charge in [0.15, 0.2) is 0 Å². The van der Waals surface area contributed by atoms with Crippen molar-refractivity contribution in [2.45, 2.75) is 0 Å². The summed E-state index contributed by atoms with van der Waals surface area (Å²) in [7, 11) is 0. The molecule has 0 unspecified atom stereocenters. The van der Waals surface area contributed by atoms with Gasteiger partial charge in [-0.15, -0.1) is 0 Å². The second kappa shape index (κ2) is 11.8. The van der Waals surface area contributed by atoms with Crippen LogP contribution in [0.5, 0.6) is 0 Å². The van der Waals surface area contributed by atoms with E-state index in [0.29, 0.717) is 0 Å². The van der Waals surface area contributed by atoms with E-state index in [1.165, 1.54) is 22.3 Å². The van der Waals surface area contributed by atoms with E-state index in [0.717, 1.165) is 60.9 Å². The molecular weight excluding hydrogens is 583 g/mol. The number of para-hydroxylation sites is 1. The summed E-state index contributed by atoms with van der Waals surface area (Å²) in [5, 5.41) is 4.44. The van der Waals surface area contributed by atoms with E-state index in [1.54, 1.807) is 0 Å². The number of hydrogen-bond donors (Lipinski definition) is 0. The van der Waals surface area contributed by atoms with Gasteiger partial charge in [-0.25, -0.2) is 0 Å². The fourth-order valence-electron chi connectivity index (χ4n) is 6.99. The van der Waals surface area contributed by atoms with Crippen LogP contribution in [-0.4, -0.2) is 0 Å². The Morgan fingerprint density at radius 1 is 0.354 bits per heavy atom. The van der Waals surface area contributed by atoms with Gasteiger partial charge in [0.25, 0.3) is 0 Å². The first-order chi connectivity index (χ1) is 23.8. The molecule has 8 aromatic carbocycles. The van der Waals surface area contributed by atoms with Crippen LogP contribution in [-0.2, 0) is 0 Å². The molecule has 0 saturated carbocycles. The standard InChI is InChI=1S/C46H31NO/c1-4-14-32(15-5-1)34-26-28-35(29-27-34)39-24-13-25-44-45(39)42-31-43(40-22-10-11-23-41(40)46(42)48-44)47(37-19-8-3-9-20-37)38-21-12-18-36(30-38)33-16-6-2-7-17-33/h1-31H. The molecule has 0 atom stereocenters. The van der Waals surface area contributed by atoms with Gasteiger partial charge in [-0.3, -0.25) is 0 Å². The molecule has 1 heterocycles. The quantitative estimate of drug-likeness (QED) is 0.185. The second-order valence-corrected chi connectivity index (χ2v) is 12.1. The Kier molecular flexibility index (Phi) is 6.84. The molecule has 1 aromatic heterocycles. The number of anilines is 3. The van der Waals surface area contributed by atoms with Crippen molar-refractivity contribution in [3.05, 3.63) is 188 Å². The molecule has 0 radical (unpaired) electrons. The van der Waals surface area contributed by atoms with Gasteiger partial charge in [-0.2, -0.15) is 0 Å². The number of benzene rings is 8. The van der Waals surface area contributed by atoms with E-state index in [4.69, 9.17) is 4.42 Å². The molecule has 0 aliphatic heterocycles. The minimum Gasteiger partial charge on any atom is -0.455 e. The third-order valence-electron chi connectivity index (χ3n) is 9.25. The lowest BCUT2D eigenvalue weighted by Gasteiger charge is -2.27. The average molecular weight is 614 g/mol. The van der Waals surface area contributed by atoms with Gasteiger partial charge < -0.3 is 9.32 Å². The van der Waals surface area contributed by atoms with Crippen LogP contribution in [0.4, 0.5) is 17.1 Å². The highest BCUT2D eigenvalue weighted by Gasteiger charge is 2.22. The predicted molar refractivity (Wildman–Crippen MR) is 202 cm³/mol. The third-order valence-corrected chi connectivity index (χ3v) is 9.25. The lowest BCUT2D eigenvalue weighted by molar-refractivity contribution is 0.673. The number of furan rings is 1.